The van der Waals surface area contributed by atoms with Crippen molar-refractivity contribution in [2.24, 2.45) is 0 Å². The fraction of sp³-hybridized carbons (Fsp3) is 0.286. The fourth-order valence-corrected chi connectivity index (χ4v) is 3.60. The van der Waals surface area contributed by atoms with Crippen LogP contribution in [0.25, 0.3) is 16.9 Å². The predicted molar refractivity (Wildman–Crippen MR) is 106 cm³/mol. The lowest BCUT2D eigenvalue weighted by Crippen LogP contribution is -2.07. The lowest BCUT2D eigenvalue weighted by molar-refractivity contribution is -0.137. The van der Waals surface area contributed by atoms with Gasteiger partial charge < -0.3 is 19.5 Å². The average Bonchev–Trinajstić information content (AvgIpc) is 3.35. The normalized spacial score (nSPS) is 13.0. The Morgan fingerprint density at radius 1 is 0.967 bits per heavy atom. The number of aromatic nitrogens is 2. The van der Waals surface area contributed by atoms with Crippen molar-refractivity contribution in [2.75, 3.05) is 33.2 Å². The number of benzene rings is 2. The van der Waals surface area contributed by atoms with Crippen LogP contribution >= 0.6 is 0 Å². The van der Waals surface area contributed by atoms with Gasteiger partial charge >= 0.3 is 6.18 Å². The molecule has 0 fully saturated rings. The van der Waals surface area contributed by atoms with Gasteiger partial charge in [-0.2, -0.15) is 18.3 Å². The molecule has 30 heavy (non-hydrogen) atoms. The molecule has 6 nitrogen and oxygen atoms in total. The van der Waals surface area contributed by atoms with Crippen molar-refractivity contribution in [2.45, 2.75) is 12.6 Å². The highest BCUT2D eigenvalue weighted by atomic mass is 19.4. The number of anilines is 1. The van der Waals surface area contributed by atoms with Gasteiger partial charge in [-0.15, -0.1) is 0 Å². The Balaban J connectivity index is 1.83. The monoisotopic (exact) mass is 419 g/mol. The molecule has 1 N–H and O–H groups in total. The van der Waals surface area contributed by atoms with Crippen LogP contribution in [0.2, 0.25) is 0 Å². The van der Waals surface area contributed by atoms with Crippen LogP contribution in [0.1, 0.15) is 11.1 Å². The van der Waals surface area contributed by atoms with E-state index in [0.717, 1.165) is 35.5 Å². The molecule has 158 valence electrons. The van der Waals surface area contributed by atoms with Crippen molar-refractivity contribution in [1.82, 2.24) is 9.78 Å². The topological polar surface area (TPSA) is 57.5 Å². The summed E-state index contributed by atoms with van der Waals surface area (Å²) < 4.78 is 56.6. The third kappa shape index (κ3) is 3.30. The molecule has 0 radical (unpaired) electrons. The lowest BCUT2D eigenvalue weighted by Gasteiger charge is -2.13. The van der Waals surface area contributed by atoms with Crippen molar-refractivity contribution in [1.29, 1.82) is 0 Å². The highest BCUT2D eigenvalue weighted by Crippen LogP contribution is 2.43. The van der Waals surface area contributed by atoms with E-state index in [1.165, 1.54) is 33.5 Å². The van der Waals surface area contributed by atoms with E-state index in [1.807, 2.05) is 0 Å². The number of alkyl halides is 3. The van der Waals surface area contributed by atoms with Crippen molar-refractivity contribution < 1.29 is 27.4 Å². The first-order valence-electron chi connectivity index (χ1n) is 9.21. The van der Waals surface area contributed by atoms with E-state index in [-0.39, 0.29) is 0 Å². The lowest BCUT2D eigenvalue weighted by atomic mass is 10.1. The van der Waals surface area contributed by atoms with Gasteiger partial charge in [0.1, 0.15) is 5.82 Å². The molecule has 1 aliphatic heterocycles. The molecule has 0 unspecified atom stereocenters. The molecule has 0 saturated carbocycles. The number of ether oxygens (including phenoxy) is 3. The Labute approximate surface area is 171 Å². The molecule has 1 aliphatic rings. The Morgan fingerprint density at radius 3 is 2.13 bits per heavy atom. The zero-order valence-corrected chi connectivity index (χ0v) is 16.6. The fourth-order valence-electron chi connectivity index (χ4n) is 3.60. The Hall–Kier alpha value is -3.36. The van der Waals surface area contributed by atoms with Crippen LogP contribution in [-0.4, -0.2) is 37.7 Å². The first kappa shape index (κ1) is 19.9. The molecule has 9 heteroatoms. The smallest absolute Gasteiger partial charge is 0.416 e. The molecular weight excluding hydrogens is 399 g/mol. The average molecular weight is 419 g/mol. The Kier molecular flexibility index (Phi) is 4.97. The summed E-state index contributed by atoms with van der Waals surface area (Å²) in [5.41, 5.74) is 2.27. The quantitative estimate of drug-likeness (QED) is 0.658. The summed E-state index contributed by atoms with van der Waals surface area (Å²) in [6.45, 7) is 0.714. The molecular formula is C21H20F3N3O3. The van der Waals surface area contributed by atoms with Crippen molar-refractivity contribution >= 4 is 5.82 Å². The molecule has 4 rings (SSSR count). The van der Waals surface area contributed by atoms with Crippen LogP contribution in [0.3, 0.4) is 0 Å². The third-order valence-electron chi connectivity index (χ3n) is 5.03. The minimum atomic E-state index is -4.38. The molecule has 0 spiro atoms. The van der Waals surface area contributed by atoms with E-state index in [2.05, 4.69) is 5.32 Å². The highest BCUT2D eigenvalue weighted by molar-refractivity contribution is 5.76. The van der Waals surface area contributed by atoms with Crippen LogP contribution in [0, 0.1) is 0 Å². The molecule has 0 aliphatic carbocycles. The first-order chi connectivity index (χ1) is 14.4. The summed E-state index contributed by atoms with van der Waals surface area (Å²) in [5, 5.41) is 7.96. The second-order valence-electron chi connectivity index (χ2n) is 6.72. The van der Waals surface area contributed by atoms with Crippen molar-refractivity contribution in [3.63, 3.8) is 0 Å². The summed E-state index contributed by atoms with van der Waals surface area (Å²) in [4.78, 5) is 0. The van der Waals surface area contributed by atoms with E-state index in [9.17, 15) is 13.2 Å². The van der Waals surface area contributed by atoms with Gasteiger partial charge in [0.25, 0.3) is 0 Å². The maximum atomic E-state index is 12.9. The highest BCUT2D eigenvalue weighted by Gasteiger charge is 2.31. The summed E-state index contributed by atoms with van der Waals surface area (Å²) in [7, 11) is 4.60. The SMILES string of the molecule is COc1cc(-c2nn(-c3ccc(C(F)(F)F)cc3)c3c2CCN3)cc(OC)c1OC. The van der Waals surface area contributed by atoms with Crippen LogP contribution in [-0.2, 0) is 12.6 Å². The number of nitrogens with zero attached hydrogens (tertiary/aromatic N) is 2. The van der Waals surface area contributed by atoms with E-state index < -0.39 is 11.7 Å². The van der Waals surface area contributed by atoms with Gasteiger partial charge in [-0.05, 0) is 42.8 Å². The number of methoxy groups -OCH3 is 3. The first-order valence-corrected chi connectivity index (χ1v) is 9.21. The number of rotatable bonds is 5. The van der Waals surface area contributed by atoms with Gasteiger partial charge in [-0.1, -0.05) is 0 Å². The van der Waals surface area contributed by atoms with Gasteiger partial charge in [-0.25, -0.2) is 4.68 Å². The molecule has 0 atom stereocenters. The van der Waals surface area contributed by atoms with E-state index in [0.29, 0.717) is 35.2 Å². The van der Waals surface area contributed by atoms with Gasteiger partial charge in [0.15, 0.2) is 11.5 Å². The summed E-state index contributed by atoms with van der Waals surface area (Å²) in [6, 6.07) is 8.54. The maximum Gasteiger partial charge on any atom is 0.416 e. The predicted octanol–water partition coefficient (Wildman–Crippen LogP) is 4.55. The number of nitrogens with one attached hydrogen (secondary N) is 1. The number of hydrogen-bond donors (Lipinski definition) is 1. The molecule has 3 aromatic rings. The van der Waals surface area contributed by atoms with E-state index in [1.54, 1.807) is 16.8 Å². The molecule has 0 amide bonds. The van der Waals surface area contributed by atoms with Gasteiger partial charge in [-0.3, -0.25) is 0 Å². The van der Waals surface area contributed by atoms with Crippen LogP contribution in [0.15, 0.2) is 36.4 Å². The third-order valence-corrected chi connectivity index (χ3v) is 5.03. The number of fused-ring (bicyclic) bond motifs is 1. The Bertz CT molecular complexity index is 1050. The van der Waals surface area contributed by atoms with Gasteiger partial charge in [0.2, 0.25) is 5.75 Å². The zero-order chi connectivity index (χ0) is 21.5. The zero-order valence-electron chi connectivity index (χ0n) is 16.6. The second-order valence-corrected chi connectivity index (χ2v) is 6.72. The van der Waals surface area contributed by atoms with Crippen LogP contribution in [0.5, 0.6) is 17.2 Å². The van der Waals surface area contributed by atoms with E-state index in [4.69, 9.17) is 19.3 Å². The molecule has 0 bridgehead atoms. The largest absolute Gasteiger partial charge is 0.493 e. The molecule has 2 aromatic carbocycles. The van der Waals surface area contributed by atoms with Gasteiger partial charge in [0, 0.05) is 17.7 Å². The molecule has 1 aromatic heterocycles. The second kappa shape index (κ2) is 7.47. The summed E-state index contributed by atoms with van der Waals surface area (Å²) in [6.07, 6.45) is -3.65. The van der Waals surface area contributed by atoms with Crippen LogP contribution in [0.4, 0.5) is 19.0 Å². The van der Waals surface area contributed by atoms with Gasteiger partial charge in [0.05, 0.1) is 38.3 Å². The summed E-state index contributed by atoms with van der Waals surface area (Å²) in [5.74, 6) is 2.23. The van der Waals surface area contributed by atoms with E-state index >= 15 is 0 Å². The summed E-state index contributed by atoms with van der Waals surface area (Å²) >= 11 is 0. The molecule has 2 heterocycles. The van der Waals surface area contributed by atoms with Crippen LogP contribution < -0.4 is 19.5 Å². The van der Waals surface area contributed by atoms with Crippen molar-refractivity contribution in [3.05, 3.63) is 47.5 Å². The molecule has 0 saturated heterocycles. The standard InChI is InChI=1S/C21H20F3N3O3/c1-28-16-10-12(11-17(29-2)19(16)30-3)18-15-8-9-25-20(15)27(26-18)14-6-4-13(5-7-14)21(22,23)24/h4-7,10-11,25H,8-9H2,1-3H3. The van der Waals surface area contributed by atoms with Crippen molar-refractivity contribution in [3.8, 4) is 34.2 Å². The number of halogens is 3. The maximum absolute atomic E-state index is 12.9. The minimum Gasteiger partial charge on any atom is -0.493 e. The number of hydrogen-bond acceptors (Lipinski definition) is 5. The minimum absolute atomic E-state index is 0.473. The Morgan fingerprint density at radius 2 is 1.60 bits per heavy atom.